The van der Waals surface area contributed by atoms with E-state index in [1.165, 1.54) is 6.26 Å². The van der Waals surface area contributed by atoms with Crippen molar-refractivity contribution in [2.45, 2.75) is 45.2 Å². The van der Waals surface area contributed by atoms with E-state index in [-0.39, 0.29) is 5.92 Å². The molecule has 3 atom stereocenters. The second-order valence-electron chi connectivity index (χ2n) is 9.21. The number of nitrogens with one attached hydrogen (secondary N) is 1. The van der Waals surface area contributed by atoms with Gasteiger partial charge in [-0.15, -0.1) is 0 Å². The number of amides is 1. The molecule has 2 heterocycles. The molecule has 5 rings (SSSR count). The lowest BCUT2D eigenvalue weighted by atomic mass is 9.98. The van der Waals surface area contributed by atoms with E-state index in [0.29, 0.717) is 28.8 Å². The highest BCUT2D eigenvalue weighted by molar-refractivity contribution is 5.94. The minimum atomic E-state index is -0.901. The number of carbonyl (C=O) groups is 3. The number of anilines is 1. The van der Waals surface area contributed by atoms with E-state index in [2.05, 4.69) is 5.32 Å². The Morgan fingerprint density at radius 3 is 2.64 bits per heavy atom. The summed E-state index contributed by atoms with van der Waals surface area (Å²) in [7, 11) is 0. The van der Waals surface area contributed by atoms with Crippen molar-refractivity contribution in [1.82, 2.24) is 0 Å². The summed E-state index contributed by atoms with van der Waals surface area (Å²) < 4.78 is 21.9. The van der Waals surface area contributed by atoms with Crippen molar-refractivity contribution in [1.29, 1.82) is 0 Å². The van der Waals surface area contributed by atoms with Gasteiger partial charge in [-0.2, -0.15) is 0 Å². The topological polar surface area (TPSA) is 100 Å². The van der Waals surface area contributed by atoms with Crippen molar-refractivity contribution < 1.29 is 33.3 Å². The van der Waals surface area contributed by atoms with Crippen LogP contribution in [0.3, 0.4) is 0 Å². The van der Waals surface area contributed by atoms with Gasteiger partial charge in [-0.1, -0.05) is 24.3 Å². The molecular formula is C25H23NO7. The third-order valence-corrected chi connectivity index (χ3v) is 5.74. The molecule has 3 aliphatic rings. The van der Waals surface area contributed by atoms with Crippen LogP contribution in [-0.2, 0) is 30.2 Å². The molecule has 2 aliphatic heterocycles. The molecule has 1 N–H and O–H groups in total. The Labute approximate surface area is 190 Å². The van der Waals surface area contributed by atoms with Crippen LogP contribution < -0.4 is 5.32 Å². The molecule has 1 aliphatic carbocycles. The second-order valence-corrected chi connectivity index (χ2v) is 9.21. The lowest BCUT2D eigenvalue weighted by molar-refractivity contribution is -0.139. The number of hydrogen-bond donors (Lipinski definition) is 1. The van der Waals surface area contributed by atoms with Gasteiger partial charge in [0, 0.05) is 17.2 Å². The Morgan fingerprint density at radius 2 is 1.85 bits per heavy atom. The van der Waals surface area contributed by atoms with Crippen LogP contribution in [0.15, 0.2) is 54.3 Å². The van der Waals surface area contributed by atoms with E-state index >= 15 is 0 Å². The van der Waals surface area contributed by atoms with Crippen molar-refractivity contribution in [3.05, 3.63) is 76.6 Å². The monoisotopic (exact) mass is 449 g/mol. The molecular weight excluding hydrogens is 426 g/mol. The number of rotatable bonds is 3. The minimum Gasteiger partial charge on any atom is -0.458 e. The van der Waals surface area contributed by atoms with Gasteiger partial charge in [0.25, 0.3) is 6.29 Å². The fourth-order valence-corrected chi connectivity index (χ4v) is 4.34. The molecule has 0 aromatic heterocycles. The fraction of sp³-hybridized carbons (Fsp3) is 0.320. The van der Waals surface area contributed by atoms with Gasteiger partial charge in [0.1, 0.15) is 11.7 Å². The van der Waals surface area contributed by atoms with Crippen LogP contribution in [0.2, 0.25) is 0 Å². The second kappa shape index (κ2) is 7.65. The van der Waals surface area contributed by atoms with Gasteiger partial charge in [-0.05, 0) is 56.5 Å². The molecule has 1 amide bonds. The van der Waals surface area contributed by atoms with Crippen molar-refractivity contribution in [2.24, 2.45) is 5.92 Å². The van der Waals surface area contributed by atoms with Crippen LogP contribution in [0.1, 0.15) is 60.2 Å². The van der Waals surface area contributed by atoms with Gasteiger partial charge in [-0.25, -0.2) is 14.4 Å². The highest BCUT2D eigenvalue weighted by Crippen LogP contribution is 2.48. The highest BCUT2D eigenvalue weighted by Gasteiger charge is 2.47. The van der Waals surface area contributed by atoms with E-state index in [1.54, 1.807) is 57.2 Å². The fourth-order valence-electron chi connectivity index (χ4n) is 4.34. The third kappa shape index (κ3) is 3.92. The predicted molar refractivity (Wildman–Crippen MR) is 116 cm³/mol. The zero-order valence-corrected chi connectivity index (χ0v) is 18.4. The van der Waals surface area contributed by atoms with E-state index in [1.807, 2.05) is 6.07 Å². The summed E-state index contributed by atoms with van der Waals surface area (Å²) in [6.45, 7) is 5.37. The zero-order valence-electron chi connectivity index (χ0n) is 18.4. The number of cyclic esters (lactones) is 1. The van der Waals surface area contributed by atoms with E-state index < -0.39 is 36.0 Å². The van der Waals surface area contributed by atoms with Gasteiger partial charge >= 0.3 is 18.0 Å². The van der Waals surface area contributed by atoms with E-state index in [0.717, 1.165) is 11.1 Å². The molecule has 0 spiro atoms. The molecule has 8 heteroatoms. The Morgan fingerprint density at radius 1 is 1.06 bits per heavy atom. The van der Waals surface area contributed by atoms with Crippen molar-refractivity contribution in [3.63, 3.8) is 0 Å². The quantitative estimate of drug-likeness (QED) is 0.317. The standard InChI is InChI=1S/C25H23NO7/c1-25(2,3)33-24(29)26-14-9-8-13-10-18-19(22(28)31-20(18)17(13)11-14)12-30-23-16-7-5-4-6-15(16)21(27)32-23/h4-9,11-12,18,20,23H,10H2,1-3H3,(H,26,29)/b19-12+/t18-,20-,23-/m0/s1. The molecule has 0 bridgehead atoms. The van der Waals surface area contributed by atoms with Gasteiger partial charge < -0.3 is 18.9 Å². The smallest absolute Gasteiger partial charge is 0.412 e. The van der Waals surface area contributed by atoms with Crippen molar-refractivity contribution >= 4 is 23.7 Å². The maximum atomic E-state index is 12.6. The molecule has 8 nitrogen and oxygen atoms in total. The first-order valence-electron chi connectivity index (χ1n) is 10.7. The molecule has 0 radical (unpaired) electrons. The van der Waals surface area contributed by atoms with Crippen LogP contribution >= 0.6 is 0 Å². The summed E-state index contributed by atoms with van der Waals surface area (Å²) in [5.74, 6) is -1.16. The molecule has 2 aromatic carbocycles. The normalized spacial score (nSPS) is 24.0. The van der Waals surface area contributed by atoms with Crippen molar-refractivity contribution in [2.75, 3.05) is 5.32 Å². The van der Waals surface area contributed by atoms with Crippen LogP contribution in [0.5, 0.6) is 0 Å². The minimum absolute atomic E-state index is 0.225. The first kappa shape index (κ1) is 21.1. The molecule has 170 valence electrons. The summed E-state index contributed by atoms with van der Waals surface area (Å²) in [6.07, 6.45) is 0.0106. The largest absolute Gasteiger partial charge is 0.458 e. The van der Waals surface area contributed by atoms with Crippen molar-refractivity contribution in [3.8, 4) is 0 Å². The van der Waals surface area contributed by atoms with Crippen LogP contribution in [0.25, 0.3) is 0 Å². The number of hydrogen-bond acceptors (Lipinski definition) is 7. The van der Waals surface area contributed by atoms with Gasteiger partial charge in [0.2, 0.25) is 0 Å². The molecule has 1 saturated heterocycles. The number of carbonyl (C=O) groups excluding carboxylic acids is 3. The number of ether oxygens (including phenoxy) is 4. The molecule has 33 heavy (non-hydrogen) atoms. The van der Waals surface area contributed by atoms with Gasteiger partial charge in [-0.3, -0.25) is 5.32 Å². The average Bonchev–Trinajstić information content (AvgIpc) is 3.35. The average molecular weight is 449 g/mol. The van der Waals surface area contributed by atoms with E-state index in [9.17, 15) is 14.4 Å². The zero-order chi connectivity index (χ0) is 23.3. The van der Waals surface area contributed by atoms with Crippen LogP contribution in [0, 0.1) is 5.92 Å². The lowest BCUT2D eigenvalue weighted by Gasteiger charge is -2.20. The molecule has 2 aromatic rings. The van der Waals surface area contributed by atoms with E-state index in [4.69, 9.17) is 18.9 Å². The Hall–Kier alpha value is -3.81. The molecule has 1 fully saturated rings. The summed E-state index contributed by atoms with van der Waals surface area (Å²) in [6, 6.07) is 12.5. The number of esters is 2. The maximum absolute atomic E-state index is 12.6. The van der Waals surface area contributed by atoms with Crippen LogP contribution in [-0.4, -0.2) is 23.6 Å². The van der Waals surface area contributed by atoms with Gasteiger partial charge in [0.15, 0.2) is 0 Å². The summed E-state index contributed by atoms with van der Waals surface area (Å²) >= 11 is 0. The lowest BCUT2D eigenvalue weighted by Crippen LogP contribution is -2.27. The Kier molecular flexibility index (Phi) is 4.88. The first-order chi connectivity index (χ1) is 15.7. The SMILES string of the molecule is CC(C)(C)OC(=O)Nc1ccc2c(c1)[C@@H]1OC(=O)/C(=C/O[C@H]3OC(=O)c4ccccc43)[C@@H]1C2. The first-order valence-corrected chi connectivity index (χ1v) is 10.7. The van der Waals surface area contributed by atoms with Gasteiger partial charge in [0.05, 0.1) is 17.4 Å². The Balaban J connectivity index is 1.32. The predicted octanol–water partition coefficient (Wildman–Crippen LogP) is 4.57. The summed E-state index contributed by atoms with van der Waals surface area (Å²) in [5.41, 5.74) is 3.27. The third-order valence-electron chi connectivity index (χ3n) is 5.74. The maximum Gasteiger partial charge on any atom is 0.412 e. The number of benzene rings is 2. The number of fused-ring (bicyclic) bond motifs is 4. The Bertz CT molecular complexity index is 1190. The van der Waals surface area contributed by atoms with Crippen LogP contribution in [0.4, 0.5) is 10.5 Å². The summed E-state index contributed by atoms with van der Waals surface area (Å²) in [5, 5.41) is 2.72. The summed E-state index contributed by atoms with van der Waals surface area (Å²) in [4.78, 5) is 36.7. The molecule has 0 unspecified atom stereocenters. The highest BCUT2D eigenvalue weighted by atomic mass is 16.7. The molecule has 0 saturated carbocycles.